The Morgan fingerprint density at radius 3 is 1.16 bits per heavy atom. The maximum absolute atomic E-state index is 6.03. The van der Waals surface area contributed by atoms with Gasteiger partial charge in [0.25, 0.3) is 0 Å². The number of hydrogen-bond acceptors (Lipinski definition) is 3. The fraction of sp³-hybridized carbons (Fsp3) is 0.429. The van der Waals surface area contributed by atoms with E-state index in [-0.39, 0.29) is 5.41 Å². The van der Waals surface area contributed by atoms with E-state index in [0.29, 0.717) is 19.8 Å². The van der Waals surface area contributed by atoms with Gasteiger partial charge in [0.1, 0.15) is 0 Å². The number of rotatable bonds is 21. The first-order chi connectivity index (χ1) is 18.8. The first-order valence-electron chi connectivity index (χ1n) is 14.3. The van der Waals surface area contributed by atoms with E-state index in [1.54, 1.807) is 0 Å². The Balaban J connectivity index is 1.48. The van der Waals surface area contributed by atoms with Crippen LogP contribution in [0.2, 0.25) is 0 Å². The van der Waals surface area contributed by atoms with Crippen LogP contribution in [0.5, 0.6) is 0 Å². The molecule has 38 heavy (non-hydrogen) atoms. The minimum atomic E-state index is 0.260. The Bertz CT molecular complexity index is 851. The molecule has 0 aliphatic rings. The summed E-state index contributed by atoms with van der Waals surface area (Å²) in [5.41, 5.74) is 3.96. The molecule has 0 aliphatic heterocycles. The fourth-order valence-electron chi connectivity index (χ4n) is 5.10. The van der Waals surface area contributed by atoms with Crippen molar-refractivity contribution in [1.82, 2.24) is 0 Å². The highest BCUT2D eigenvalue weighted by Gasteiger charge is 2.28. The molecule has 0 amide bonds. The molecule has 0 bridgehead atoms. The van der Waals surface area contributed by atoms with E-state index in [9.17, 15) is 0 Å². The molecular weight excluding hydrogens is 468 g/mol. The quantitative estimate of drug-likeness (QED) is 0.105. The first kappa shape index (κ1) is 29.8. The van der Waals surface area contributed by atoms with Gasteiger partial charge in [-0.05, 0) is 73.5 Å². The van der Waals surface area contributed by atoms with Crippen LogP contribution < -0.4 is 0 Å². The van der Waals surface area contributed by atoms with Crippen molar-refractivity contribution in [3.8, 4) is 0 Å². The number of ether oxygens (including phenoxy) is 3. The van der Waals surface area contributed by atoms with Crippen molar-refractivity contribution >= 4 is 0 Å². The molecule has 3 nitrogen and oxygen atoms in total. The molecule has 0 N–H and O–H groups in total. The number of allylic oxidation sites excluding steroid dienone is 1. The lowest BCUT2D eigenvalue weighted by Crippen LogP contribution is -2.23. The molecule has 0 aromatic heterocycles. The highest BCUT2D eigenvalue weighted by molar-refractivity contribution is 5.14. The average Bonchev–Trinajstić information content (AvgIpc) is 2.97. The van der Waals surface area contributed by atoms with E-state index in [2.05, 4.69) is 85.5 Å². The second kappa shape index (κ2) is 18.5. The summed E-state index contributed by atoms with van der Waals surface area (Å²) in [6.07, 6.45) is 11.0. The molecule has 0 heterocycles. The second-order valence-corrected chi connectivity index (χ2v) is 10.3. The van der Waals surface area contributed by atoms with Gasteiger partial charge in [-0.15, -0.1) is 6.58 Å². The van der Waals surface area contributed by atoms with Crippen LogP contribution in [0.25, 0.3) is 0 Å². The van der Waals surface area contributed by atoms with Gasteiger partial charge in [-0.1, -0.05) is 97.1 Å². The molecule has 0 saturated heterocycles. The molecule has 3 heteroatoms. The van der Waals surface area contributed by atoms with Gasteiger partial charge in [-0.2, -0.15) is 0 Å². The normalized spacial score (nSPS) is 11.5. The van der Waals surface area contributed by atoms with Crippen LogP contribution >= 0.6 is 0 Å². The monoisotopic (exact) mass is 514 g/mol. The fourth-order valence-corrected chi connectivity index (χ4v) is 5.10. The van der Waals surface area contributed by atoms with Gasteiger partial charge in [0, 0.05) is 19.8 Å². The molecular formula is C35H46O3. The first-order valence-corrected chi connectivity index (χ1v) is 14.3. The summed E-state index contributed by atoms with van der Waals surface area (Å²) in [5.74, 6) is 0. The Morgan fingerprint density at radius 1 is 0.500 bits per heavy atom. The van der Waals surface area contributed by atoms with Gasteiger partial charge in [0.05, 0.1) is 19.8 Å². The number of hydrogen-bond donors (Lipinski definition) is 0. The summed E-state index contributed by atoms with van der Waals surface area (Å²) < 4.78 is 18.1. The zero-order valence-electron chi connectivity index (χ0n) is 23.1. The average molecular weight is 515 g/mol. The van der Waals surface area contributed by atoms with Gasteiger partial charge in [0.2, 0.25) is 0 Å². The molecule has 3 aromatic carbocycles. The van der Waals surface area contributed by atoms with Crippen LogP contribution in [0.15, 0.2) is 104 Å². The third-order valence-electron chi connectivity index (χ3n) is 7.20. The van der Waals surface area contributed by atoms with Crippen molar-refractivity contribution in [3.05, 3.63) is 120 Å². The summed E-state index contributed by atoms with van der Waals surface area (Å²) in [5, 5.41) is 0. The molecule has 0 spiro atoms. The Kier molecular flexibility index (Phi) is 14.5. The molecule has 3 rings (SSSR count). The van der Waals surface area contributed by atoms with Crippen LogP contribution in [0.3, 0.4) is 0 Å². The third kappa shape index (κ3) is 12.2. The van der Waals surface area contributed by atoms with Gasteiger partial charge >= 0.3 is 0 Å². The van der Waals surface area contributed by atoms with Gasteiger partial charge in [0.15, 0.2) is 0 Å². The minimum absolute atomic E-state index is 0.260. The smallest absolute Gasteiger partial charge is 0.0716 e. The molecule has 3 aromatic rings. The van der Waals surface area contributed by atoms with Crippen molar-refractivity contribution in [1.29, 1.82) is 0 Å². The van der Waals surface area contributed by atoms with Gasteiger partial charge in [-0.25, -0.2) is 0 Å². The maximum Gasteiger partial charge on any atom is 0.0716 e. The highest BCUT2D eigenvalue weighted by atomic mass is 16.5. The Hall–Kier alpha value is -2.72. The summed E-state index contributed by atoms with van der Waals surface area (Å²) >= 11 is 0. The Labute approximate surface area is 230 Å². The largest absolute Gasteiger partial charge is 0.377 e. The zero-order valence-corrected chi connectivity index (χ0v) is 23.1. The molecule has 0 aliphatic carbocycles. The van der Waals surface area contributed by atoms with E-state index in [1.807, 2.05) is 18.2 Å². The summed E-state index contributed by atoms with van der Waals surface area (Å²) in [6, 6.07) is 31.3. The van der Waals surface area contributed by atoms with Crippen LogP contribution in [-0.4, -0.2) is 19.8 Å². The minimum Gasteiger partial charge on any atom is -0.377 e. The van der Waals surface area contributed by atoms with Gasteiger partial charge in [-0.3, -0.25) is 0 Å². The van der Waals surface area contributed by atoms with Crippen LogP contribution in [0.4, 0.5) is 0 Å². The summed E-state index contributed by atoms with van der Waals surface area (Å²) in [6.45, 7) is 8.44. The van der Waals surface area contributed by atoms with E-state index < -0.39 is 0 Å². The van der Waals surface area contributed by atoms with Gasteiger partial charge < -0.3 is 14.2 Å². The lowest BCUT2D eigenvalue weighted by molar-refractivity contribution is 0.0692. The van der Waals surface area contributed by atoms with Crippen LogP contribution in [0.1, 0.15) is 68.1 Å². The lowest BCUT2D eigenvalue weighted by Gasteiger charge is -2.34. The van der Waals surface area contributed by atoms with Crippen molar-refractivity contribution in [2.24, 2.45) is 5.41 Å². The van der Waals surface area contributed by atoms with E-state index in [1.165, 1.54) is 16.7 Å². The van der Waals surface area contributed by atoms with E-state index in [0.717, 1.165) is 71.2 Å². The zero-order chi connectivity index (χ0) is 26.6. The highest BCUT2D eigenvalue weighted by Crippen LogP contribution is 2.40. The molecule has 0 atom stereocenters. The standard InChI is InChI=1S/C35H46O3/c1-2-3-22-35(23-13-26-36-29-32-16-7-4-8-17-32,24-14-27-37-30-33-18-9-5-10-19-33)25-15-28-38-31-34-20-11-6-12-21-34/h2,4-12,16-21H,1,3,13-15,22-31H2. The molecule has 0 radical (unpaired) electrons. The lowest BCUT2D eigenvalue weighted by atomic mass is 9.72. The van der Waals surface area contributed by atoms with Crippen molar-refractivity contribution in [3.63, 3.8) is 0 Å². The Morgan fingerprint density at radius 2 is 0.842 bits per heavy atom. The second-order valence-electron chi connectivity index (χ2n) is 10.3. The van der Waals surface area contributed by atoms with Crippen molar-refractivity contribution < 1.29 is 14.2 Å². The van der Waals surface area contributed by atoms with Crippen molar-refractivity contribution in [2.45, 2.75) is 71.2 Å². The summed E-state index contributed by atoms with van der Waals surface area (Å²) in [4.78, 5) is 0. The van der Waals surface area contributed by atoms with E-state index in [4.69, 9.17) is 14.2 Å². The molecule has 204 valence electrons. The van der Waals surface area contributed by atoms with Crippen molar-refractivity contribution in [2.75, 3.05) is 19.8 Å². The SMILES string of the molecule is C=CCCC(CCCOCc1ccccc1)(CCCOCc1ccccc1)CCCOCc1ccccc1. The molecule has 0 saturated carbocycles. The molecule has 0 fully saturated rings. The summed E-state index contributed by atoms with van der Waals surface area (Å²) in [7, 11) is 0. The molecule has 0 unspecified atom stereocenters. The topological polar surface area (TPSA) is 27.7 Å². The van der Waals surface area contributed by atoms with Crippen LogP contribution in [-0.2, 0) is 34.0 Å². The van der Waals surface area contributed by atoms with E-state index >= 15 is 0 Å². The predicted molar refractivity (Wildman–Crippen MR) is 158 cm³/mol. The predicted octanol–water partition coefficient (Wildman–Crippen LogP) is 8.93. The number of benzene rings is 3. The van der Waals surface area contributed by atoms with Crippen LogP contribution in [0, 0.1) is 5.41 Å². The maximum atomic E-state index is 6.03. The third-order valence-corrected chi connectivity index (χ3v) is 7.20.